The zero-order valence-corrected chi connectivity index (χ0v) is 10.2. The molecule has 0 radical (unpaired) electrons. The average Bonchev–Trinajstić information content (AvgIpc) is 2.32. The van der Waals surface area contributed by atoms with Gasteiger partial charge < -0.3 is 10.1 Å². The van der Waals surface area contributed by atoms with E-state index in [1.807, 2.05) is 13.8 Å². The van der Waals surface area contributed by atoms with Crippen LogP contribution in [-0.4, -0.2) is 18.8 Å². The molecule has 0 heterocycles. The summed E-state index contributed by atoms with van der Waals surface area (Å²) in [6.07, 6.45) is 1.98. The lowest BCUT2D eigenvalue weighted by Crippen LogP contribution is -2.12. The molecule has 17 heavy (non-hydrogen) atoms. The molecule has 0 spiro atoms. The third-order valence-electron chi connectivity index (χ3n) is 2.19. The van der Waals surface area contributed by atoms with Gasteiger partial charge in [0.15, 0.2) is 0 Å². The van der Waals surface area contributed by atoms with E-state index < -0.39 is 0 Å². The number of amides is 1. The van der Waals surface area contributed by atoms with Crippen LogP contribution in [0.3, 0.4) is 0 Å². The second kappa shape index (κ2) is 6.68. The first kappa shape index (κ1) is 13.2. The molecule has 0 aromatic heterocycles. The van der Waals surface area contributed by atoms with Crippen molar-refractivity contribution in [3.63, 3.8) is 0 Å². The van der Waals surface area contributed by atoms with Gasteiger partial charge >= 0.3 is 0 Å². The molecule has 0 fully saturated rings. The lowest BCUT2D eigenvalue weighted by Gasteiger charge is -2.11. The predicted octanol–water partition coefficient (Wildman–Crippen LogP) is 2.64. The van der Waals surface area contributed by atoms with Gasteiger partial charge in [-0.05, 0) is 31.5 Å². The first-order chi connectivity index (χ1) is 8.21. The van der Waals surface area contributed by atoms with Gasteiger partial charge in [0, 0.05) is 12.0 Å². The number of carbonyl (C=O) groups excluding carboxylic acids is 2. The third kappa shape index (κ3) is 3.90. The highest BCUT2D eigenvalue weighted by molar-refractivity contribution is 5.93. The maximum absolute atomic E-state index is 11.5. The van der Waals surface area contributed by atoms with E-state index in [0.29, 0.717) is 30.0 Å². The Labute approximate surface area is 101 Å². The zero-order chi connectivity index (χ0) is 12.7. The summed E-state index contributed by atoms with van der Waals surface area (Å²) in [6, 6.07) is 4.97. The number of benzene rings is 1. The van der Waals surface area contributed by atoms with Crippen molar-refractivity contribution in [2.45, 2.75) is 26.7 Å². The highest BCUT2D eigenvalue weighted by Gasteiger charge is 2.08. The number of anilines is 1. The normalized spacial score (nSPS) is 9.76. The van der Waals surface area contributed by atoms with Crippen LogP contribution in [0.4, 0.5) is 5.69 Å². The summed E-state index contributed by atoms with van der Waals surface area (Å²) in [5.74, 6) is 0.513. The molecule has 1 N–H and O–H groups in total. The highest BCUT2D eigenvalue weighted by Crippen LogP contribution is 2.25. The molecule has 0 aliphatic carbocycles. The molecule has 4 nitrogen and oxygen atoms in total. The van der Waals surface area contributed by atoms with Crippen LogP contribution in [-0.2, 0) is 4.79 Å². The van der Waals surface area contributed by atoms with Gasteiger partial charge in [-0.1, -0.05) is 6.92 Å². The van der Waals surface area contributed by atoms with Crippen molar-refractivity contribution < 1.29 is 14.3 Å². The van der Waals surface area contributed by atoms with Crippen LogP contribution in [0.1, 0.15) is 37.0 Å². The zero-order valence-electron chi connectivity index (χ0n) is 10.2. The average molecular weight is 235 g/mol. The van der Waals surface area contributed by atoms with Crippen LogP contribution in [0.15, 0.2) is 18.2 Å². The fraction of sp³-hybridized carbons (Fsp3) is 0.385. The maximum atomic E-state index is 11.5. The van der Waals surface area contributed by atoms with Crippen molar-refractivity contribution in [3.8, 4) is 5.75 Å². The summed E-state index contributed by atoms with van der Waals surface area (Å²) >= 11 is 0. The van der Waals surface area contributed by atoms with E-state index in [2.05, 4.69) is 5.32 Å². The Morgan fingerprint density at radius 2 is 2.18 bits per heavy atom. The number of hydrogen-bond donors (Lipinski definition) is 1. The molecule has 1 amide bonds. The summed E-state index contributed by atoms with van der Waals surface area (Å²) in [5.41, 5.74) is 1.06. The molecule has 1 aromatic rings. The Morgan fingerprint density at radius 1 is 1.41 bits per heavy atom. The number of rotatable bonds is 6. The Kier molecular flexibility index (Phi) is 5.20. The molecule has 0 saturated carbocycles. The number of nitrogens with one attached hydrogen (secondary N) is 1. The Balaban J connectivity index is 2.91. The number of ether oxygens (including phenoxy) is 1. The standard InChI is InChI=1S/C13H17NO3/c1-3-5-13(16)14-11-8-10(9-15)6-7-12(11)17-4-2/h6-9H,3-5H2,1-2H3,(H,14,16). The fourth-order valence-electron chi connectivity index (χ4n) is 1.44. The topological polar surface area (TPSA) is 55.4 Å². The smallest absolute Gasteiger partial charge is 0.224 e. The van der Waals surface area contributed by atoms with Crippen LogP contribution in [0, 0.1) is 0 Å². The van der Waals surface area contributed by atoms with Crippen molar-refractivity contribution in [1.82, 2.24) is 0 Å². The first-order valence-corrected chi connectivity index (χ1v) is 5.73. The van der Waals surface area contributed by atoms with E-state index in [0.717, 1.165) is 12.7 Å². The molecule has 92 valence electrons. The second-order valence-electron chi connectivity index (χ2n) is 3.60. The summed E-state index contributed by atoms with van der Waals surface area (Å²) in [7, 11) is 0. The minimum absolute atomic E-state index is 0.0727. The fourth-order valence-corrected chi connectivity index (χ4v) is 1.44. The molecular formula is C13H17NO3. The van der Waals surface area contributed by atoms with Gasteiger partial charge in [-0.25, -0.2) is 0 Å². The van der Waals surface area contributed by atoms with E-state index in [-0.39, 0.29) is 5.91 Å². The van der Waals surface area contributed by atoms with Crippen LogP contribution in [0.25, 0.3) is 0 Å². The van der Waals surface area contributed by atoms with Crippen LogP contribution >= 0.6 is 0 Å². The molecule has 0 saturated heterocycles. The highest BCUT2D eigenvalue weighted by atomic mass is 16.5. The summed E-state index contributed by atoms with van der Waals surface area (Å²) < 4.78 is 5.38. The quantitative estimate of drug-likeness (QED) is 0.771. The molecule has 0 bridgehead atoms. The Hall–Kier alpha value is -1.84. The van der Waals surface area contributed by atoms with Gasteiger partial charge in [-0.3, -0.25) is 9.59 Å². The number of hydrogen-bond acceptors (Lipinski definition) is 3. The van der Waals surface area contributed by atoms with Gasteiger partial charge in [-0.15, -0.1) is 0 Å². The molecule has 0 aliphatic heterocycles. The lowest BCUT2D eigenvalue weighted by atomic mass is 10.2. The van der Waals surface area contributed by atoms with Gasteiger partial charge in [0.25, 0.3) is 0 Å². The minimum Gasteiger partial charge on any atom is -0.492 e. The Morgan fingerprint density at radius 3 is 2.76 bits per heavy atom. The van der Waals surface area contributed by atoms with Gasteiger partial charge in [0.05, 0.1) is 12.3 Å². The van der Waals surface area contributed by atoms with Crippen LogP contribution < -0.4 is 10.1 Å². The van der Waals surface area contributed by atoms with Gasteiger partial charge in [0.1, 0.15) is 12.0 Å². The van der Waals surface area contributed by atoms with E-state index in [4.69, 9.17) is 4.74 Å². The van der Waals surface area contributed by atoms with E-state index in [9.17, 15) is 9.59 Å². The SMILES string of the molecule is CCCC(=O)Nc1cc(C=O)ccc1OCC. The number of aldehydes is 1. The summed E-state index contributed by atoms with van der Waals surface area (Å²) in [6.45, 7) is 4.31. The molecule has 1 aromatic carbocycles. The lowest BCUT2D eigenvalue weighted by molar-refractivity contribution is -0.116. The minimum atomic E-state index is -0.0727. The molecule has 1 rings (SSSR count). The number of carbonyl (C=O) groups is 2. The largest absolute Gasteiger partial charge is 0.492 e. The maximum Gasteiger partial charge on any atom is 0.224 e. The second-order valence-corrected chi connectivity index (χ2v) is 3.60. The predicted molar refractivity (Wildman–Crippen MR) is 66.5 cm³/mol. The molecule has 0 aliphatic rings. The molecular weight excluding hydrogens is 218 g/mol. The van der Waals surface area contributed by atoms with E-state index in [1.165, 1.54) is 0 Å². The summed E-state index contributed by atoms with van der Waals surface area (Å²) in [4.78, 5) is 22.2. The van der Waals surface area contributed by atoms with Crippen molar-refractivity contribution >= 4 is 17.9 Å². The van der Waals surface area contributed by atoms with Gasteiger partial charge in [-0.2, -0.15) is 0 Å². The van der Waals surface area contributed by atoms with Crippen molar-refractivity contribution in [1.29, 1.82) is 0 Å². The third-order valence-corrected chi connectivity index (χ3v) is 2.19. The summed E-state index contributed by atoms with van der Waals surface area (Å²) in [5, 5.41) is 2.75. The van der Waals surface area contributed by atoms with Crippen molar-refractivity contribution in [2.75, 3.05) is 11.9 Å². The van der Waals surface area contributed by atoms with Gasteiger partial charge in [0.2, 0.25) is 5.91 Å². The van der Waals surface area contributed by atoms with Crippen LogP contribution in [0.2, 0.25) is 0 Å². The van der Waals surface area contributed by atoms with Crippen molar-refractivity contribution in [2.24, 2.45) is 0 Å². The monoisotopic (exact) mass is 235 g/mol. The van der Waals surface area contributed by atoms with E-state index >= 15 is 0 Å². The van der Waals surface area contributed by atoms with Crippen molar-refractivity contribution in [3.05, 3.63) is 23.8 Å². The molecule has 4 heteroatoms. The first-order valence-electron chi connectivity index (χ1n) is 5.73. The molecule has 0 atom stereocenters. The Bertz CT molecular complexity index is 402. The van der Waals surface area contributed by atoms with Crippen LogP contribution in [0.5, 0.6) is 5.75 Å². The van der Waals surface area contributed by atoms with E-state index in [1.54, 1.807) is 18.2 Å². The molecule has 0 unspecified atom stereocenters.